The Bertz CT molecular complexity index is 6.00. The first-order valence-electron chi connectivity index (χ1n) is 0. The number of hydrogen-bond donors (Lipinski definition) is 0. The van der Waals surface area contributed by atoms with Gasteiger partial charge in [0, 0.05) is 0 Å². The van der Waals surface area contributed by atoms with E-state index >= 15 is 0 Å². The summed E-state index contributed by atoms with van der Waals surface area (Å²) in [5, 5.41) is 0. The largest absolute Gasteiger partial charge is 2.00 e. The van der Waals surface area contributed by atoms with E-state index in [4.69, 9.17) is 0 Å². The van der Waals surface area contributed by atoms with E-state index < -0.39 is 0 Å². The summed E-state index contributed by atoms with van der Waals surface area (Å²) in [5.41, 5.74) is 0. The van der Waals surface area contributed by atoms with Gasteiger partial charge in [0.1, 0.15) is 0 Å². The van der Waals surface area contributed by atoms with Crippen LogP contribution < -0.4 is 24.0 Å². The Balaban J connectivity index is 0. The first kappa shape index (κ1) is 39.1. The average molecular weight is 203 g/mol. The molecule has 0 atom stereocenters. The maximum absolute atomic E-state index is 0. The van der Waals surface area contributed by atoms with Gasteiger partial charge in [0.05, 0.1) is 0 Å². The molecule has 0 saturated heterocycles. The zero-order valence-corrected chi connectivity index (χ0v) is 6.45. The Morgan fingerprint density at radius 1 is 0.750 bits per heavy atom. The molecule has 0 aliphatic heterocycles. The molecule has 4 heavy (non-hydrogen) atoms. The molecule has 0 spiro atoms. The van der Waals surface area contributed by atoms with Gasteiger partial charge < -0.3 is 34.9 Å². The van der Waals surface area contributed by atoms with E-state index in [2.05, 4.69) is 0 Å². The Morgan fingerprint density at radius 2 is 0.750 bits per heavy atom. The quantitative estimate of drug-likeness (QED) is 0.279. The fourth-order valence-corrected chi connectivity index (χ4v) is 0. The summed E-state index contributed by atoms with van der Waals surface area (Å²) in [6.45, 7) is 0. The van der Waals surface area contributed by atoms with Crippen molar-refractivity contribution in [1.29, 1.82) is 0 Å². The first-order valence-corrected chi connectivity index (χ1v) is 0. The molecule has 4 N–H and O–H groups in total. The summed E-state index contributed by atoms with van der Waals surface area (Å²) in [5.74, 6) is 0. The van der Waals surface area contributed by atoms with Gasteiger partial charge in [0.25, 0.3) is 0 Å². The summed E-state index contributed by atoms with van der Waals surface area (Å²) in [7, 11) is 0. The van der Waals surface area contributed by atoms with Gasteiger partial charge in [-0.1, -0.05) is 0 Å². The molecule has 2 nitrogen and oxygen atoms in total. The second-order valence-corrected chi connectivity index (χ2v) is 0. The molecule has 0 aromatic carbocycles. The SMILES string of the molecule is O.O.[Ca+2].[I-]. The second-order valence-electron chi connectivity index (χ2n) is 0. The summed E-state index contributed by atoms with van der Waals surface area (Å²) in [6, 6.07) is 0. The molecule has 4 heteroatoms. The minimum absolute atomic E-state index is 0. The van der Waals surface area contributed by atoms with E-state index in [-0.39, 0.29) is 72.7 Å². The maximum atomic E-state index is 0. The molecular weight excluding hydrogens is 199 g/mol. The molecule has 0 rings (SSSR count). The minimum Gasteiger partial charge on any atom is -1.00 e. The Labute approximate surface area is 71.6 Å². The van der Waals surface area contributed by atoms with Crippen molar-refractivity contribution in [3.63, 3.8) is 0 Å². The molecule has 0 saturated carbocycles. The number of halogens is 1. The summed E-state index contributed by atoms with van der Waals surface area (Å²) in [6.07, 6.45) is 0. The van der Waals surface area contributed by atoms with Gasteiger partial charge in [-0.3, -0.25) is 0 Å². The third kappa shape index (κ3) is 9.08. The Hall–Kier alpha value is 1.91. The molecule has 0 unspecified atom stereocenters. The van der Waals surface area contributed by atoms with Crippen LogP contribution in [0.3, 0.4) is 0 Å². The van der Waals surface area contributed by atoms with Crippen LogP contribution >= 0.6 is 0 Å². The van der Waals surface area contributed by atoms with Gasteiger partial charge >= 0.3 is 37.7 Å². The number of rotatable bonds is 0. The molecular formula is H4CaIO2+. The Kier molecular flexibility index (Phi) is 201. The van der Waals surface area contributed by atoms with E-state index in [9.17, 15) is 0 Å². The monoisotopic (exact) mass is 203 g/mol. The van der Waals surface area contributed by atoms with Gasteiger partial charge in [0.15, 0.2) is 0 Å². The minimum atomic E-state index is 0. The van der Waals surface area contributed by atoms with Crippen molar-refractivity contribution in [3.8, 4) is 0 Å². The van der Waals surface area contributed by atoms with Crippen molar-refractivity contribution in [2.45, 2.75) is 0 Å². The maximum Gasteiger partial charge on any atom is 2.00 e. The first-order chi connectivity index (χ1) is 0. The third-order valence-corrected chi connectivity index (χ3v) is 0. The van der Waals surface area contributed by atoms with Crippen LogP contribution in [0.5, 0.6) is 0 Å². The van der Waals surface area contributed by atoms with Gasteiger partial charge in [0.2, 0.25) is 0 Å². The van der Waals surface area contributed by atoms with E-state index in [0.717, 1.165) is 0 Å². The standard InChI is InChI=1S/Ca.HI.2H2O/h;1H;2*1H2/q+2;;;/p-1. The van der Waals surface area contributed by atoms with Crippen molar-refractivity contribution < 1.29 is 34.9 Å². The topological polar surface area (TPSA) is 63.0 Å². The zero-order chi connectivity index (χ0) is 0. The van der Waals surface area contributed by atoms with Crippen molar-refractivity contribution in [3.05, 3.63) is 0 Å². The molecule has 0 aromatic heterocycles. The van der Waals surface area contributed by atoms with Gasteiger partial charge in [-0.2, -0.15) is 0 Å². The van der Waals surface area contributed by atoms with Gasteiger partial charge in [-0.25, -0.2) is 0 Å². The molecule has 0 bridgehead atoms. The molecule has 0 aromatic rings. The summed E-state index contributed by atoms with van der Waals surface area (Å²) < 4.78 is 0. The number of hydrogen-bond acceptors (Lipinski definition) is 0. The predicted octanol–water partition coefficient (Wildman–Crippen LogP) is -5.03. The fraction of sp³-hybridized carbons (Fsp3) is 0. The normalized spacial score (nSPS) is 0. The van der Waals surface area contributed by atoms with Crippen LogP contribution in [0.1, 0.15) is 0 Å². The molecule has 0 amide bonds. The molecule has 24 valence electrons. The van der Waals surface area contributed by atoms with Crippen LogP contribution in [0.2, 0.25) is 0 Å². The third-order valence-electron chi connectivity index (χ3n) is 0. The van der Waals surface area contributed by atoms with Crippen molar-refractivity contribution in [2.75, 3.05) is 0 Å². The van der Waals surface area contributed by atoms with E-state index in [1.54, 1.807) is 0 Å². The predicted molar refractivity (Wildman–Crippen MR) is 13.0 cm³/mol. The summed E-state index contributed by atoms with van der Waals surface area (Å²) >= 11 is 0. The fourth-order valence-electron chi connectivity index (χ4n) is 0. The van der Waals surface area contributed by atoms with Crippen molar-refractivity contribution >= 4 is 37.7 Å². The van der Waals surface area contributed by atoms with Crippen LogP contribution in [0.4, 0.5) is 0 Å². The van der Waals surface area contributed by atoms with Crippen molar-refractivity contribution in [2.24, 2.45) is 0 Å². The van der Waals surface area contributed by atoms with Crippen LogP contribution in [0.15, 0.2) is 0 Å². The van der Waals surface area contributed by atoms with Crippen LogP contribution in [0.25, 0.3) is 0 Å². The Morgan fingerprint density at radius 3 is 0.750 bits per heavy atom. The van der Waals surface area contributed by atoms with Crippen molar-refractivity contribution in [1.82, 2.24) is 0 Å². The van der Waals surface area contributed by atoms with Crippen LogP contribution in [-0.4, -0.2) is 48.7 Å². The van der Waals surface area contributed by atoms with Gasteiger partial charge in [-0.05, 0) is 0 Å². The molecule has 0 aliphatic rings. The molecule has 0 heterocycles. The average Bonchev–Trinajstić information content (AvgIpc) is 0. The smallest absolute Gasteiger partial charge is 1.00 e. The van der Waals surface area contributed by atoms with E-state index in [0.29, 0.717) is 0 Å². The second kappa shape index (κ2) is 20.6. The molecule has 0 radical (unpaired) electrons. The van der Waals surface area contributed by atoms with E-state index in [1.807, 2.05) is 0 Å². The molecule has 0 fully saturated rings. The van der Waals surface area contributed by atoms with Crippen LogP contribution in [-0.2, 0) is 0 Å². The summed E-state index contributed by atoms with van der Waals surface area (Å²) in [4.78, 5) is 0. The zero-order valence-electron chi connectivity index (χ0n) is 2.09. The van der Waals surface area contributed by atoms with E-state index in [1.165, 1.54) is 0 Å². The molecule has 0 aliphatic carbocycles. The van der Waals surface area contributed by atoms with Crippen LogP contribution in [0, 0.1) is 0 Å². The van der Waals surface area contributed by atoms with Gasteiger partial charge in [-0.15, -0.1) is 0 Å².